The molecular weight excluding hydrogens is 318 g/mol. The summed E-state index contributed by atoms with van der Waals surface area (Å²) in [5.41, 5.74) is 3.01. The lowest BCUT2D eigenvalue weighted by molar-refractivity contribution is -0.384. The Bertz CT molecular complexity index is 764. The van der Waals surface area contributed by atoms with Crippen molar-refractivity contribution in [2.45, 2.75) is 26.2 Å². The van der Waals surface area contributed by atoms with Crippen molar-refractivity contribution in [3.05, 3.63) is 81.4 Å². The Hall–Kier alpha value is -2.95. The van der Waals surface area contributed by atoms with Gasteiger partial charge in [0.1, 0.15) is 0 Å². The fourth-order valence-electron chi connectivity index (χ4n) is 2.68. The van der Waals surface area contributed by atoms with Gasteiger partial charge >= 0.3 is 5.97 Å². The van der Waals surface area contributed by atoms with Crippen LogP contribution < -0.4 is 0 Å². The molecule has 130 valence electrons. The standard InChI is InChI=1S/C20H21NO4/c1-3-4-10-18(20(22)25-2)19(15-8-6-5-7-9-15)16-11-13-17(14-12-16)21(23)24/h5-9,11-14H,3-4,10H2,1-2H3/b19-18+. The van der Waals surface area contributed by atoms with Crippen molar-refractivity contribution in [2.24, 2.45) is 0 Å². The maximum atomic E-state index is 12.4. The summed E-state index contributed by atoms with van der Waals surface area (Å²) < 4.78 is 4.99. The summed E-state index contributed by atoms with van der Waals surface area (Å²) in [6.45, 7) is 2.06. The fraction of sp³-hybridized carbons (Fsp3) is 0.250. The Kier molecular flexibility index (Phi) is 6.46. The van der Waals surface area contributed by atoms with Crippen LogP contribution >= 0.6 is 0 Å². The molecule has 2 aromatic rings. The first-order valence-electron chi connectivity index (χ1n) is 8.20. The Morgan fingerprint density at radius 3 is 2.16 bits per heavy atom. The Morgan fingerprint density at radius 1 is 1.04 bits per heavy atom. The number of carbonyl (C=O) groups excluding carboxylic acids is 1. The number of carbonyl (C=O) groups is 1. The number of rotatable bonds is 7. The maximum Gasteiger partial charge on any atom is 0.334 e. The molecule has 0 bridgehead atoms. The van der Waals surface area contributed by atoms with E-state index >= 15 is 0 Å². The van der Waals surface area contributed by atoms with Crippen LogP contribution in [0.3, 0.4) is 0 Å². The van der Waals surface area contributed by atoms with E-state index in [9.17, 15) is 14.9 Å². The van der Waals surface area contributed by atoms with Gasteiger partial charge in [-0.05, 0) is 41.7 Å². The highest BCUT2D eigenvalue weighted by atomic mass is 16.6. The SMILES string of the molecule is CCCC/C(C(=O)OC)=C(/c1ccccc1)c1ccc([N+](=O)[O-])cc1. The molecule has 2 rings (SSSR count). The average molecular weight is 339 g/mol. The van der Waals surface area contributed by atoms with Gasteiger partial charge < -0.3 is 4.74 Å². The van der Waals surface area contributed by atoms with Crippen molar-refractivity contribution in [1.82, 2.24) is 0 Å². The van der Waals surface area contributed by atoms with E-state index in [-0.39, 0.29) is 11.7 Å². The van der Waals surface area contributed by atoms with E-state index in [0.717, 1.165) is 29.5 Å². The predicted molar refractivity (Wildman–Crippen MR) is 97.1 cm³/mol. The molecule has 2 aromatic carbocycles. The monoisotopic (exact) mass is 339 g/mol. The number of non-ortho nitro benzene ring substituents is 1. The lowest BCUT2D eigenvalue weighted by Gasteiger charge is -2.15. The third kappa shape index (κ3) is 4.53. The zero-order chi connectivity index (χ0) is 18.2. The summed E-state index contributed by atoms with van der Waals surface area (Å²) in [6.07, 6.45) is 2.39. The van der Waals surface area contributed by atoms with Crippen LogP contribution in [0.4, 0.5) is 5.69 Å². The molecule has 0 spiro atoms. The molecule has 0 fully saturated rings. The number of ether oxygens (including phenoxy) is 1. The Morgan fingerprint density at radius 2 is 1.64 bits per heavy atom. The molecule has 0 radical (unpaired) electrons. The highest BCUT2D eigenvalue weighted by molar-refractivity contribution is 6.01. The van der Waals surface area contributed by atoms with Gasteiger partial charge in [0.15, 0.2) is 0 Å². The summed E-state index contributed by atoms with van der Waals surface area (Å²) >= 11 is 0. The third-order valence-corrected chi connectivity index (χ3v) is 3.94. The van der Waals surface area contributed by atoms with Gasteiger partial charge in [0.05, 0.1) is 12.0 Å². The number of nitro groups is 1. The number of nitro benzene ring substituents is 1. The van der Waals surface area contributed by atoms with E-state index in [0.29, 0.717) is 12.0 Å². The van der Waals surface area contributed by atoms with Crippen LogP contribution in [-0.4, -0.2) is 18.0 Å². The molecule has 0 aliphatic rings. The first kappa shape index (κ1) is 18.4. The van der Waals surface area contributed by atoms with Crippen molar-refractivity contribution in [3.63, 3.8) is 0 Å². The van der Waals surface area contributed by atoms with E-state index in [4.69, 9.17) is 4.74 Å². The minimum absolute atomic E-state index is 0.0179. The summed E-state index contributed by atoms with van der Waals surface area (Å²) in [6, 6.07) is 15.8. The molecule has 0 atom stereocenters. The molecule has 0 heterocycles. The van der Waals surface area contributed by atoms with Crippen LogP contribution in [0.15, 0.2) is 60.2 Å². The van der Waals surface area contributed by atoms with Crippen molar-refractivity contribution < 1.29 is 14.5 Å². The van der Waals surface area contributed by atoms with E-state index in [2.05, 4.69) is 6.92 Å². The molecule has 5 nitrogen and oxygen atoms in total. The molecule has 5 heteroatoms. The average Bonchev–Trinajstić information content (AvgIpc) is 2.65. The number of hydrogen-bond acceptors (Lipinski definition) is 4. The molecule has 0 aliphatic carbocycles. The largest absolute Gasteiger partial charge is 0.466 e. The minimum Gasteiger partial charge on any atom is -0.466 e. The molecular formula is C20H21NO4. The second-order valence-corrected chi connectivity index (χ2v) is 5.62. The van der Waals surface area contributed by atoms with Gasteiger partial charge in [-0.3, -0.25) is 10.1 Å². The predicted octanol–water partition coefficient (Wildman–Crippen LogP) is 4.76. The highest BCUT2D eigenvalue weighted by Gasteiger charge is 2.19. The molecule has 0 unspecified atom stereocenters. The third-order valence-electron chi connectivity index (χ3n) is 3.94. The van der Waals surface area contributed by atoms with Gasteiger partial charge in [-0.25, -0.2) is 4.79 Å². The molecule has 0 saturated heterocycles. The first-order chi connectivity index (χ1) is 12.1. The van der Waals surface area contributed by atoms with Crippen molar-refractivity contribution in [1.29, 1.82) is 0 Å². The van der Waals surface area contributed by atoms with Crippen molar-refractivity contribution >= 4 is 17.2 Å². The second kappa shape index (κ2) is 8.78. The summed E-state index contributed by atoms with van der Waals surface area (Å²) in [5.74, 6) is -0.370. The molecule has 0 aliphatic heterocycles. The number of benzene rings is 2. The van der Waals surface area contributed by atoms with Crippen LogP contribution in [-0.2, 0) is 9.53 Å². The number of nitrogens with zero attached hydrogens (tertiary/aromatic N) is 1. The minimum atomic E-state index is -0.437. The molecule has 0 saturated carbocycles. The van der Waals surface area contributed by atoms with Gasteiger partial charge in [0.25, 0.3) is 5.69 Å². The molecule has 0 N–H and O–H groups in total. The van der Waals surface area contributed by atoms with Gasteiger partial charge in [-0.1, -0.05) is 43.7 Å². The number of unbranched alkanes of at least 4 members (excludes halogenated alkanes) is 1. The second-order valence-electron chi connectivity index (χ2n) is 5.62. The first-order valence-corrected chi connectivity index (χ1v) is 8.20. The normalized spacial score (nSPS) is 11.6. The number of esters is 1. The summed E-state index contributed by atoms with van der Waals surface area (Å²) in [7, 11) is 1.37. The molecule has 0 amide bonds. The number of methoxy groups -OCH3 is 1. The van der Waals surface area contributed by atoms with Crippen LogP contribution in [0.25, 0.3) is 5.57 Å². The van der Waals surface area contributed by atoms with Crippen molar-refractivity contribution in [2.75, 3.05) is 7.11 Å². The summed E-state index contributed by atoms with van der Waals surface area (Å²) in [4.78, 5) is 22.9. The topological polar surface area (TPSA) is 69.4 Å². The van der Waals surface area contributed by atoms with Crippen LogP contribution in [0.5, 0.6) is 0 Å². The zero-order valence-electron chi connectivity index (χ0n) is 14.4. The Labute approximate surface area is 147 Å². The lowest BCUT2D eigenvalue weighted by Crippen LogP contribution is -2.09. The highest BCUT2D eigenvalue weighted by Crippen LogP contribution is 2.31. The van der Waals surface area contributed by atoms with Crippen LogP contribution in [0.2, 0.25) is 0 Å². The lowest BCUT2D eigenvalue weighted by atomic mass is 9.90. The zero-order valence-corrected chi connectivity index (χ0v) is 14.4. The van der Waals surface area contributed by atoms with Gasteiger partial charge in [-0.2, -0.15) is 0 Å². The summed E-state index contributed by atoms with van der Waals surface area (Å²) in [5, 5.41) is 10.9. The van der Waals surface area contributed by atoms with E-state index in [1.807, 2.05) is 30.3 Å². The van der Waals surface area contributed by atoms with Crippen LogP contribution in [0, 0.1) is 10.1 Å². The van der Waals surface area contributed by atoms with Crippen LogP contribution in [0.1, 0.15) is 37.3 Å². The molecule has 0 aromatic heterocycles. The van der Waals surface area contributed by atoms with Crippen molar-refractivity contribution in [3.8, 4) is 0 Å². The van der Waals surface area contributed by atoms with E-state index < -0.39 is 4.92 Å². The van der Waals surface area contributed by atoms with Gasteiger partial charge in [0, 0.05) is 17.7 Å². The van der Waals surface area contributed by atoms with Gasteiger partial charge in [0.2, 0.25) is 0 Å². The smallest absolute Gasteiger partial charge is 0.334 e. The number of hydrogen-bond donors (Lipinski definition) is 0. The van der Waals surface area contributed by atoms with E-state index in [1.165, 1.54) is 19.2 Å². The maximum absolute atomic E-state index is 12.4. The van der Waals surface area contributed by atoms with Gasteiger partial charge in [-0.15, -0.1) is 0 Å². The fourth-order valence-corrected chi connectivity index (χ4v) is 2.68. The molecule has 25 heavy (non-hydrogen) atoms. The quantitative estimate of drug-likeness (QED) is 0.316. The van der Waals surface area contributed by atoms with E-state index in [1.54, 1.807) is 12.1 Å². The Balaban J connectivity index is 2.64.